The molecule has 4 aliphatic rings. The van der Waals surface area contributed by atoms with Gasteiger partial charge in [-0.3, -0.25) is 0 Å². The minimum Gasteiger partial charge on any atom is -0.493 e. The van der Waals surface area contributed by atoms with Crippen LogP contribution < -0.4 is 59.2 Å². The maximum atomic E-state index is 12.7. The summed E-state index contributed by atoms with van der Waals surface area (Å²) < 4.78 is 114. The number of alkyl halides is 3. The van der Waals surface area contributed by atoms with Crippen molar-refractivity contribution >= 4 is 66.4 Å². The number of aromatic nitrogens is 4. The number of methoxy groups -OCH3 is 5. The Kier molecular flexibility index (Phi) is 34.9. The topological polar surface area (TPSA) is 268 Å². The number of pyridine rings is 4. The Morgan fingerprint density at radius 2 is 0.629 bits per heavy atom. The first-order chi connectivity index (χ1) is 64.4. The van der Waals surface area contributed by atoms with Crippen molar-refractivity contribution in [3.05, 3.63) is 180 Å². The first-order valence-electron chi connectivity index (χ1n) is 46.3. The van der Waals surface area contributed by atoms with Gasteiger partial charge in [-0.1, -0.05) is 30.3 Å². The van der Waals surface area contributed by atoms with Crippen LogP contribution in [0.1, 0.15) is 112 Å². The molecule has 4 fully saturated rings. The number of benzene rings is 5. The van der Waals surface area contributed by atoms with E-state index < -0.39 is 12.6 Å². The summed E-state index contributed by atoms with van der Waals surface area (Å²) in [6.07, 6.45) is 9.00. The van der Waals surface area contributed by atoms with Crippen LogP contribution in [0.5, 0.6) is 46.0 Å². The van der Waals surface area contributed by atoms with Gasteiger partial charge in [0, 0.05) is 128 Å². The van der Waals surface area contributed by atoms with Crippen molar-refractivity contribution in [3.63, 3.8) is 0 Å². The highest BCUT2D eigenvalue weighted by Gasteiger charge is 2.28. The molecule has 12 heterocycles. The Labute approximate surface area is 771 Å². The SMILES string of the molecule is COCCNc1cc(-c2ccc(C)o2)nc2cc(OCCCN3CCCC3)c(OC)cc12.COc1cc2c(NCCC(F)(F)F)cc(-c3ccc(C)o3)nc2cc1OCCCN1CCCC1.COc1cc2c(NCCO)cc(-c3ccc(C)o3)nc2cc1OCCCN1CCCC1.COc1cc2c(NCc3ccccc3)cc(-c3ccc(C)o3)nc2cc1OCCCN1CCCC1. The van der Waals surface area contributed by atoms with Gasteiger partial charge in [0.2, 0.25) is 0 Å². The molecular weight excluding hydrogens is 1690 g/mol. The average molecular weight is 1810 g/mol. The fraction of sp³-hybridized carbons (Fsp3) is 0.437. The summed E-state index contributed by atoms with van der Waals surface area (Å²) >= 11 is 0. The van der Waals surface area contributed by atoms with Crippen LogP contribution in [-0.2, 0) is 11.3 Å². The third-order valence-corrected chi connectivity index (χ3v) is 23.7. The molecule has 17 rings (SSSR count). The van der Waals surface area contributed by atoms with Crippen molar-refractivity contribution in [2.24, 2.45) is 0 Å². The Morgan fingerprint density at radius 1 is 0.341 bits per heavy atom. The van der Waals surface area contributed by atoms with Crippen LogP contribution in [0.2, 0.25) is 0 Å². The zero-order valence-electron chi connectivity index (χ0n) is 77.6. The number of likely N-dealkylation sites (tertiary alicyclic amines) is 4. The van der Waals surface area contributed by atoms with Gasteiger partial charge in [-0.05, 0) is 260 Å². The van der Waals surface area contributed by atoms with Crippen LogP contribution in [0.4, 0.5) is 35.9 Å². The number of rotatable bonds is 41. The molecule has 0 amide bonds. The molecule has 29 heteroatoms. The van der Waals surface area contributed by atoms with Crippen molar-refractivity contribution in [1.82, 2.24) is 39.5 Å². The van der Waals surface area contributed by atoms with Crippen molar-refractivity contribution in [2.75, 3.05) is 195 Å². The van der Waals surface area contributed by atoms with E-state index in [-0.39, 0.29) is 13.2 Å². The van der Waals surface area contributed by atoms with Gasteiger partial charge in [0.1, 0.15) is 45.8 Å². The number of fused-ring (bicyclic) bond motifs is 4. The van der Waals surface area contributed by atoms with Gasteiger partial charge >= 0.3 is 6.18 Å². The molecule has 0 saturated carbocycles. The number of aliphatic hydroxyl groups excluding tert-OH is 1. The lowest BCUT2D eigenvalue weighted by Gasteiger charge is -2.17. The highest BCUT2D eigenvalue weighted by Crippen LogP contribution is 2.43. The summed E-state index contributed by atoms with van der Waals surface area (Å²) in [6, 6.07) is 48.7. The molecule has 132 heavy (non-hydrogen) atoms. The zero-order chi connectivity index (χ0) is 92.1. The molecule has 4 saturated heterocycles. The summed E-state index contributed by atoms with van der Waals surface area (Å²) in [6.45, 7) is 26.0. The van der Waals surface area contributed by atoms with E-state index in [1.165, 1.54) is 96.2 Å². The number of nitrogens with zero attached hydrogens (tertiary/aromatic N) is 8. The number of hydrogen-bond donors (Lipinski definition) is 5. The van der Waals surface area contributed by atoms with E-state index >= 15 is 0 Å². The van der Waals surface area contributed by atoms with Gasteiger partial charge in [0.15, 0.2) is 69.0 Å². The normalized spacial score (nSPS) is 14.2. The van der Waals surface area contributed by atoms with Crippen LogP contribution in [0, 0.1) is 27.7 Å². The van der Waals surface area contributed by atoms with Gasteiger partial charge < -0.3 is 106 Å². The van der Waals surface area contributed by atoms with Crippen molar-refractivity contribution < 1.29 is 78.6 Å². The van der Waals surface area contributed by atoms with Crippen LogP contribution in [-0.4, -0.2) is 224 Å². The number of ether oxygens (including phenoxy) is 9. The number of aryl methyl sites for hydroxylation is 4. The largest absolute Gasteiger partial charge is 0.493 e. The van der Waals surface area contributed by atoms with Gasteiger partial charge in [0.25, 0.3) is 0 Å². The molecule has 0 bridgehead atoms. The van der Waals surface area contributed by atoms with E-state index in [1.54, 1.807) is 59.8 Å². The Morgan fingerprint density at radius 3 is 0.894 bits per heavy atom. The summed E-state index contributed by atoms with van der Waals surface area (Å²) in [7, 11) is 8.24. The lowest BCUT2D eigenvalue weighted by atomic mass is 10.1. The van der Waals surface area contributed by atoms with E-state index in [2.05, 4.69) is 65.1 Å². The van der Waals surface area contributed by atoms with E-state index in [4.69, 9.17) is 80.2 Å². The molecule has 8 aromatic heterocycles. The quantitative estimate of drug-likeness (QED) is 0.0223. The van der Waals surface area contributed by atoms with Crippen molar-refractivity contribution in [2.45, 2.75) is 124 Å². The minimum absolute atomic E-state index is 0.0361. The monoisotopic (exact) mass is 1810 g/mol. The highest BCUT2D eigenvalue weighted by atomic mass is 19.4. The predicted molar refractivity (Wildman–Crippen MR) is 515 cm³/mol. The second kappa shape index (κ2) is 47.9. The standard InChI is InChI=1S/C29H33N3O3.C25H30F3N3O3.C25H33N3O4.C24H31N3O4/c1-21-11-12-27(35-21)26-18-24(30-20-22-9-4-3-5-10-22)23-17-28(33-2)29(19-25(23)31-26)34-16-8-15-32-13-6-7-14-32;1-17-6-7-22(34-17)21-15-19(29-9-8-25(26,27)28)18-14-23(32-2)24(16-20(18)30-21)33-13-5-12-31-10-3-4-11-31;1-18-7-8-23(32-18)22-16-20(26-9-14-29-2)19-15-24(30-3)25(17-21(19)27-22)31-13-6-12-28-10-4-5-11-28;1-17-6-7-22(31-17)21-15-19(25-8-12-28)18-14-23(29-2)24(16-20(18)26-21)30-13-5-11-27-9-3-4-10-27/h3-5,9-12,17-19H,6-8,13-16,20H2,1-2H3,(H,30,31);6-7,14-16H,3-5,8-13H2,1-2H3,(H,29,30);7-8,15-17H,4-6,9-14H2,1-3H3,(H,26,27);6-7,14-16,28H,3-5,8-13H2,1-2H3,(H,25,26). The van der Waals surface area contributed by atoms with Crippen LogP contribution in [0.3, 0.4) is 0 Å². The zero-order valence-corrected chi connectivity index (χ0v) is 77.6. The van der Waals surface area contributed by atoms with Crippen LogP contribution >= 0.6 is 0 Å². The molecule has 4 aliphatic heterocycles. The van der Waals surface area contributed by atoms with Crippen LogP contribution in [0.25, 0.3) is 89.4 Å². The third-order valence-electron chi connectivity index (χ3n) is 23.7. The maximum absolute atomic E-state index is 12.7. The Hall–Kier alpha value is -12.0. The molecular formula is C103H127F3N12O14. The molecule has 5 aromatic carbocycles. The second-order valence-electron chi connectivity index (χ2n) is 33.6. The molecule has 0 spiro atoms. The minimum atomic E-state index is -4.25. The summed E-state index contributed by atoms with van der Waals surface area (Å²) in [4.78, 5) is 29.2. The Bertz CT molecular complexity index is 5820. The highest BCUT2D eigenvalue weighted by molar-refractivity contribution is 5.99. The van der Waals surface area contributed by atoms with Gasteiger partial charge in [-0.15, -0.1) is 0 Å². The number of halogens is 3. The molecule has 0 aliphatic carbocycles. The first kappa shape index (κ1) is 96.1. The molecule has 13 aromatic rings. The van der Waals surface area contributed by atoms with E-state index in [0.29, 0.717) is 127 Å². The number of nitrogens with one attached hydrogen (secondary N) is 4. The van der Waals surface area contributed by atoms with E-state index in [9.17, 15) is 18.3 Å². The molecule has 5 N–H and O–H groups in total. The fourth-order valence-electron chi connectivity index (χ4n) is 16.9. The van der Waals surface area contributed by atoms with Crippen molar-refractivity contribution in [1.29, 1.82) is 0 Å². The smallest absolute Gasteiger partial charge is 0.390 e. The Balaban J connectivity index is 0.000000142. The number of aliphatic hydroxyl groups is 1. The molecule has 0 unspecified atom stereocenters. The first-order valence-corrected chi connectivity index (χ1v) is 46.3. The molecule has 0 atom stereocenters. The van der Waals surface area contributed by atoms with Crippen LogP contribution in [0.15, 0.2) is 169 Å². The van der Waals surface area contributed by atoms with Gasteiger partial charge in [-0.25, -0.2) is 19.9 Å². The van der Waals surface area contributed by atoms with Gasteiger partial charge in [-0.2, -0.15) is 13.2 Å². The lowest BCUT2D eigenvalue weighted by molar-refractivity contribution is -0.131. The second-order valence-corrected chi connectivity index (χ2v) is 33.6. The third kappa shape index (κ3) is 26.9. The molecule has 0 radical (unpaired) electrons. The fourth-order valence-corrected chi connectivity index (χ4v) is 16.9. The van der Waals surface area contributed by atoms with E-state index in [1.807, 2.05) is 131 Å². The predicted octanol–water partition coefficient (Wildman–Crippen LogP) is 21.1. The summed E-state index contributed by atoms with van der Waals surface area (Å²) in [5.74, 6) is 11.3. The van der Waals surface area contributed by atoms with Gasteiger partial charge in [0.05, 0.1) is 96.6 Å². The summed E-state index contributed by atoms with van der Waals surface area (Å²) in [5.41, 5.74) is 10.4. The number of furan rings is 4. The lowest BCUT2D eigenvalue weighted by Crippen LogP contribution is -2.21. The average Bonchev–Trinajstić information content (AvgIpc) is 1.51. The number of anilines is 4. The maximum Gasteiger partial charge on any atom is 0.390 e. The molecule has 26 nitrogen and oxygen atoms in total. The van der Waals surface area contributed by atoms with E-state index in [0.717, 1.165) is 172 Å². The summed E-state index contributed by atoms with van der Waals surface area (Å²) in [5, 5.41) is 26.0. The molecule has 704 valence electrons. The number of hydrogen-bond acceptors (Lipinski definition) is 26. The van der Waals surface area contributed by atoms with Crippen molar-refractivity contribution in [3.8, 4) is 91.8 Å².